The Morgan fingerprint density at radius 2 is 1.84 bits per heavy atom. The molecule has 0 saturated heterocycles. The van der Waals surface area contributed by atoms with E-state index in [4.69, 9.17) is 14.3 Å². The van der Waals surface area contributed by atoms with Crippen molar-refractivity contribution in [3.8, 4) is 11.5 Å². The van der Waals surface area contributed by atoms with Gasteiger partial charge in [0.15, 0.2) is 18.1 Å². The smallest absolute Gasteiger partial charge is 0.265 e. The highest BCUT2D eigenvalue weighted by atomic mass is 127. The molecule has 0 unspecified atom stereocenters. The molecular formula is C24H22FIN2O4. The quantitative estimate of drug-likeness (QED) is 0.210. The van der Waals surface area contributed by atoms with Gasteiger partial charge in [-0.25, -0.2) is 4.39 Å². The van der Waals surface area contributed by atoms with Crippen LogP contribution in [0.25, 0.3) is 0 Å². The average molecular weight is 548 g/mol. The van der Waals surface area contributed by atoms with Gasteiger partial charge in [0.2, 0.25) is 0 Å². The van der Waals surface area contributed by atoms with E-state index >= 15 is 0 Å². The van der Waals surface area contributed by atoms with Crippen LogP contribution in [0.3, 0.4) is 0 Å². The summed E-state index contributed by atoms with van der Waals surface area (Å²) in [5.74, 6) is 0.561. The summed E-state index contributed by atoms with van der Waals surface area (Å²) in [7, 11) is 0. The largest absolute Gasteiger partial charge is 0.490 e. The predicted molar refractivity (Wildman–Crippen MR) is 130 cm³/mol. The van der Waals surface area contributed by atoms with Crippen molar-refractivity contribution in [2.24, 2.45) is 5.16 Å². The van der Waals surface area contributed by atoms with Crippen LogP contribution in [0.1, 0.15) is 18.1 Å². The van der Waals surface area contributed by atoms with Crippen LogP contribution in [-0.4, -0.2) is 25.3 Å². The van der Waals surface area contributed by atoms with Gasteiger partial charge in [-0.1, -0.05) is 35.5 Å². The zero-order chi connectivity index (χ0) is 22.8. The van der Waals surface area contributed by atoms with Gasteiger partial charge in [0.05, 0.1) is 16.4 Å². The second-order valence-corrected chi connectivity index (χ2v) is 7.76. The Kier molecular flexibility index (Phi) is 8.85. The van der Waals surface area contributed by atoms with Crippen LogP contribution in [-0.2, 0) is 16.2 Å². The summed E-state index contributed by atoms with van der Waals surface area (Å²) in [5, 5.41) is 6.59. The molecule has 0 spiro atoms. The summed E-state index contributed by atoms with van der Waals surface area (Å²) in [6, 6.07) is 18.9. The maximum Gasteiger partial charge on any atom is 0.265 e. The number of amides is 1. The number of rotatable bonds is 10. The van der Waals surface area contributed by atoms with Crippen molar-refractivity contribution in [3.05, 3.63) is 87.2 Å². The Hall–Kier alpha value is -3.14. The molecule has 0 saturated carbocycles. The Morgan fingerprint density at radius 3 is 2.56 bits per heavy atom. The van der Waals surface area contributed by atoms with E-state index in [1.54, 1.807) is 30.3 Å². The first kappa shape index (κ1) is 23.5. The summed E-state index contributed by atoms with van der Waals surface area (Å²) >= 11 is 2.15. The second kappa shape index (κ2) is 12.0. The van der Waals surface area contributed by atoms with Crippen LogP contribution in [0.15, 0.2) is 71.9 Å². The first-order valence-electron chi connectivity index (χ1n) is 9.89. The van der Waals surface area contributed by atoms with E-state index in [9.17, 15) is 9.18 Å². The van der Waals surface area contributed by atoms with Gasteiger partial charge in [-0.15, -0.1) is 0 Å². The van der Waals surface area contributed by atoms with E-state index in [0.29, 0.717) is 23.8 Å². The molecule has 0 aliphatic rings. The van der Waals surface area contributed by atoms with Gasteiger partial charge in [0.1, 0.15) is 12.4 Å². The summed E-state index contributed by atoms with van der Waals surface area (Å²) in [5.41, 5.74) is 2.27. The van der Waals surface area contributed by atoms with Crippen molar-refractivity contribution in [1.82, 2.24) is 0 Å². The molecule has 3 aromatic carbocycles. The van der Waals surface area contributed by atoms with Gasteiger partial charge in [-0.2, -0.15) is 0 Å². The maximum absolute atomic E-state index is 13.1. The third kappa shape index (κ3) is 7.23. The minimum absolute atomic E-state index is 0.209. The maximum atomic E-state index is 13.1. The monoisotopic (exact) mass is 548 g/mol. The molecule has 8 heteroatoms. The molecule has 0 fully saturated rings. The summed E-state index contributed by atoms with van der Waals surface area (Å²) in [6.45, 7) is 2.41. The Bertz CT molecular complexity index is 1060. The first-order chi connectivity index (χ1) is 15.5. The highest BCUT2D eigenvalue weighted by molar-refractivity contribution is 14.1. The fraction of sp³-hybridized carbons (Fsp3) is 0.167. The third-order valence-corrected chi connectivity index (χ3v) is 4.96. The fourth-order valence-electron chi connectivity index (χ4n) is 2.71. The van der Waals surface area contributed by atoms with E-state index in [0.717, 1.165) is 14.7 Å². The lowest BCUT2D eigenvalue weighted by molar-refractivity contribution is -0.120. The highest BCUT2D eigenvalue weighted by Crippen LogP contribution is 2.34. The van der Waals surface area contributed by atoms with Crippen molar-refractivity contribution in [2.45, 2.75) is 13.5 Å². The fourth-order valence-corrected chi connectivity index (χ4v) is 3.50. The van der Waals surface area contributed by atoms with Gasteiger partial charge in [-0.3, -0.25) is 4.79 Å². The van der Waals surface area contributed by atoms with E-state index in [-0.39, 0.29) is 24.9 Å². The van der Waals surface area contributed by atoms with E-state index in [1.165, 1.54) is 18.3 Å². The Labute approximate surface area is 199 Å². The number of halogens is 2. The molecule has 0 atom stereocenters. The molecule has 166 valence electrons. The van der Waals surface area contributed by atoms with E-state index < -0.39 is 0 Å². The SMILES string of the molecule is CCOc1cc(/C=N/OCC(=O)Nc2ccccc2)cc(I)c1OCc1ccc(F)cc1. The normalized spacial score (nSPS) is 10.7. The lowest BCUT2D eigenvalue weighted by atomic mass is 10.2. The molecule has 0 aliphatic carbocycles. The number of anilines is 1. The zero-order valence-corrected chi connectivity index (χ0v) is 19.5. The number of benzene rings is 3. The molecule has 0 radical (unpaired) electrons. The minimum Gasteiger partial charge on any atom is -0.490 e. The van der Waals surface area contributed by atoms with Gasteiger partial charge < -0.3 is 19.6 Å². The van der Waals surface area contributed by atoms with Crippen LogP contribution in [0, 0.1) is 9.39 Å². The lowest BCUT2D eigenvalue weighted by Crippen LogP contribution is -2.16. The average Bonchev–Trinajstić information content (AvgIpc) is 2.78. The predicted octanol–water partition coefficient (Wildman–Crippen LogP) is 5.40. The number of carbonyl (C=O) groups is 1. The minimum atomic E-state index is -0.303. The lowest BCUT2D eigenvalue weighted by Gasteiger charge is -2.14. The molecule has 1 amide bonds. The first-order valence-corrected chi connectivity index (χ1v) is 11.0. The zero-order valence-electron chi connectivity index (χ0n) is 17.4. The molecule has 6 nitrogen and oxygen atoms in total. The van der Waals surface area contributed by atoms with Crippen molar-refractivity contribution in [1.29, 1.82) is 0 Å². The third-order valence-electron chi connectivity index (χ3n) is 4.16. The molecule has 1 N–H and O–H groups in total. The van der Waals surface area contributed by atoms with Crippen molar-refractivity contribution in [3.63, 3.8) is 0 Å². The number of oxime groups is 1. The number of nitrogens with zero attached hydrogens (tertiary/aromatic N) is 1. The van der Waals surface area contributed by atoms with Crippen molar-refractivity contribution < 1.29 is 23.5 Å². The van der Waals surface area contributed by atoms with Crippen LogP contribution in [0.2, 0.25) is 0 Å². The summed E-state index contributed by atoms with van der Waals surface area (Å²) < 4.78 is 25.6. The number of nitrogens with one attached hydrogen (secondary N) is 1. The van der Waals surface area contributed by atoms with Crippen LogP contribution >= 0.6 is 22.6 Å². The summed E-state index contributed by atoms with van der Waals surface area (Å²) in [4.78, 5) is 17.0. The Morgan fingerprint density at radius 1 is 1.09 bits per heavy atom. The molecule has 32 heavy (non-hydrogen) atoms. The number of ether oxygens (including phenoxy) is 2. The van der Waals surface area contributed by atoms with Crippen molar-refractivity contribution >= 4 is 40.4 Å². The number of hydrogen-bond acceptors (Lipinski definition) is 5. The molecular weight excluding hydrogens is 526 g/mol. The molecule has 0 heterocycles. The van der Waals surface area contributed by atoms with Crippen molar-refractivity contribution in [2.75, 3.05) is 18.5 Å². The van der Waals surface area contributed by atoms with Gasteiger partial charge >= 0.3 is 0 Å². The van der Waals surface area contributed by atoms with E-state index in [2.05, 4.69) is 33.1 Å². The van der Waals surface area contributed by atoms with Gasteiger partial charge in [-0.05, 0) is 71.5 Å². The summed E-state index contributed by atoms with van der Waals surface area (Å²) in [6.07, 6.45) is 1.50. The van der Waals surface area contributed by atoms with Crippen LogP contribution in [0.5, 0.6) is 11.5 Å². The van der Waals surface area contributed by atoms with Gasteiger partial charge in [0.25, 0.3) is 5.91 Å². The number of para-hydroxylation sites is 1. The van der Waals surface area contributed by atoms with Crippen LogP contribution < -0.4 is 14.8 Å². The number of hydrogen-bond donors (Lipinski definition) is 1. The molecule has 3 rings (SSSR count). The molecule has 0 aliphatic heterocycles. The topological polar surface area (TPSA) is 69.2 Å². The van der Waals surface area contributed by atoms with E-state index in [1.807, 2.05) is 31.2 Å². The van der Waals surface area contributed by atoms with Gasteiger partial charge in [0, 0.05) is 11.3 Å². The standard InChI is InChI=1S/C24H22FIN2O4/c1-2-30-22-13-18(14-27-32-16-23(29)28-20-6-4-3-5-7-20)12-21(26)24(22)31-15-17-8-10-19(25)11-9-17/h3-14H,2,15-16H2,1H3,(H,28,29)/b27-14+. The highest BCUT2D eigenvalue weighted by Gasteiger charge is 2.12. The van der Waals surface area contributed by atoms with Crippen LogP contribution in [0.4, 0.5) is 10.1 Å². The number of carbonyl (C=O) groups excluding carboxylic acids is 1. The molecule has 0 bridgehead atoms. The molecule has 0 aromatic heterocycles. The second-order valence-electron chi connectivity index (χ2n) is 6.60. The molecule has 3 aromatic rings. The Balaban J connectivity index is 1.60.